The van der Waals surface area contributed by atoms with Gasteiger partial charge in [-0.1, -0.05) is 36.4 Å². The summed E-state index contributed by atoms with van der Waals surface area (Å²) in [5, 5.41) is 16.0. The van der Waals surface area contributed by atoms with E-state index in [0.717, 1.165) is 6.07 Å². The molecule has 0 aliphatic carbocycles. The Morgan fingerprint density at radius 2 is 1.56 bits per heavy atom. The zero-order valence-electron chi connectivity index (χ0n) is 13.9. The summed E-state index contributed by atoms with van der Waals surface area (Å²) in [5.41, 5.74) is 0.718. The van der Waals surface area contributed by atoms with Gasteiger partial charge in [0.2, 0.25) is 9.84 Å². The Kier molecular flexibility index (Phi) is 3.97. The lowest BCUT2D eigenvalue weighted by molar-refractivity contribution is -0.384. The molecule has 1 heterocycles. The van der Waals surface area contributed by atoms with Crippen LogP contribution in [0.25, 0.3) is 16.6 Å². The molecule has 0 bridgehead atoms. The monoisotopic (exact) mass is 379 g/mol. The van der Waals surface area contributed by atoms with Gasteiger partial charge in [0, 0.05) is 17.5 Å². The molecule has 3 aromatic carbocycles. The number of aromatic nitrogens is 2. The zero-order valence-corrected chi connectivity index (χ0v) is 14.7. The predicted molar refractivity (Wildman–Crippen MR) is 99.6 cm³/mol. The number of rotatable bonds is 4. The van der Waals surface area contributed by atoms with Crippen molar-refractivity contribution in [3.8, 4) is 5.69 Å². The van der Waals surface area contributed by atoms with Crippen LogP contribution in [-0.4, -0.2) is 23.1 Å². The average molecular weight is 379 g/mol. The fourth-order valence-electron chi connectivity index (χ4n) is 2.91. The van der Waals surface area contributed by atoms with Crippen LogP contribution in [0, 0.1) is 10.1 Å². The third-order valence-corrected chi connectivity index (χ3v) is 6.00. The van der Waals surface area contributed by atoms with Crippen molar-refractivity contribution in [2.75, 3.05) is 0 Å². The molecule has 0 unspecified atom stereocenters. The molecule has 0 spiro atoms. The van der Waals surface area contributed by atoms with Crippen molar-refractivity contribution in [2.24, 2.45) is 0 Å². The van der Waals surface area contributed by atoms with Crippen LogP contribution in [0.2, 0.25) is 0 Å². The lowest BCUT2D eigenvalue weighted by Crippen LogP contribution is -2.04. The maximum absolute atomic E-state index is 13.1. The van der Waals surface area contributed by atoms with Gasteiger partial charge in [-0.2, -0.15) is 5.10 Å². The first-order valence-electron chi connectivity index (χ1n) is 8.00. The second-order valence-corrected chi connectivity index (χ2v) is 7.76. The lowest BCUT2D eigenvalue weighted by Gasteiger charge is -2.08. The highest BCUT2D eigenvalue weighted by atomic mass is 32.2. The topological polar surface area (TPSA) is 95.1 Å². The summed E-state index contributed by atoms with van der Waals surface area (Å²) < 4.78 is 27.7. The summed E-state index contributed by atoms with van der Waals surface area (Å²) in [7, 11) is -3.95. The SMILES string of the molecule is O=[N+]([O-])c1cc(S(=O)(=O)c2ccccc2)c2cnn(-c3ccccc3)c2c1. The molecule has 8 heteroatoms. The Morgan fingerprint density at radius 1 is 0.926 bits per heavy atom. The zero-order chi connectivity index (χ0) is 19.0. The summed E-state index contributed by atoms with van der Waals surface area (Å²) in [6, 6.07) is 19.3. The van der Waals surface area contributed by atoms with Crippen molar-refractivity contribution >= 4 is 26.4 Å². The van der Waals surface area contributed by atoms with E-state index in [1.807, 2.05) is 18.2 Å². The molecule has 0 aliphatic heterocycles. The number of nitrogens with zero attached hydrogens (tertiary/aromatic N) is 3. The van der Waals surface area contributed by atoms with Crippen LogP contribution in [0.3, 0.4) is 0 Å². The molecule has 0 radical (unpaired) electrons. The van der Waals surface area contributed by atoms with Gasteiger partial charge in [0.1, 0.15) is 0 Å². The molecule has 0 saturated carbocycles. The van der Waals surface area contributed by atoms with Gasteiger partial charge in [0.05, 0.1) is 32.1 Å². The van der Waals surface area contributed by atoms with Crippen molar-refractivity contribution in [3.63, 3.8) is 0 Å². The summed E-state index contributed by atoms with van der Waals surface area (Å²) in [6.45, 7) is 0. The van der Waals surface area contributed by atoms with E-state index in [2.05, 4.69) is 5.10 Å². The molecular formula is C19H13N3O4S. The van der Waals surface area contributed by atoms with Crippen molar-refractivity contribution in [1.29, 1.82) is 0 Å². The van der Waals surface area contributed by atoms with E-state index in [1.165, 1.54) is 29.1 Å². The van der Waals surface area contributed by atoms with E-state index in [9.17, 15) is 18.5 Å². The quantitative estimate of drug-likeness (QED) is 0.397. The minimum atomic E-state index is -3.95. The van der Waals surface area contributed by atoms with Gasteiger partial charge < -0.3 is 0 Å². The highest BCUT2D eigenvalue weighted by Gasteiger charge is 2.26. The van der Waals surface area contributed by atoms with E-state index in [1.54, 1.807) is 30.3 Å². The molecule has 1 aromatic heterocycles. The van der Waals surface area contributed by atoms with Crippen molar-refractivity contribution in [2.45, 2.75) is 9.79 Å². The summed E-state index contributed by atoms with van der Waals surface area (Å²) in [5.74, 6) is 0. The van der Waals surface area contributed by atoms with Crippen LogP contribution in [0.15, 0.2) is 88.8 Å². The van der Waals surface area contributed by atoms with Crippen molar-refractivity contribution < 1.29 is 13.3 Å². The number of benzene rings is 3. The predicted octanol–water partition coefficient (Wildman–Crippen LogP) is 3.77. The third kappa shape index (κ3) is 2.85. The van der Waals surface area contributed by atoms with Crippen LogP contribution < -0.4 is 0 Å². The Bertz CT molecular complexity index is 1250. The van der Waals surface area contributed by atoms with Crippen LogP contribution in [0.1, 0.15) is 0 Å². The van der Waals surface area contributed by atoms with Gasteiger partial charge >= 0.3 is 0 Å². The van der Waals surface area contributed by atoms with Gasteiger partial charge in [0.15, 0.2) is 0 Å². The molecule has 27 heavy (non-hydrogen) atoms. The lowest BCUT2D eigenvalue weighted by atomic mass is 10.2. The van der Waals surface area contributed by atoms with Crippen LogP contribution in [0.5, 0.6) is 0 Å². The van der Waals surface area contributed by atoms with E-state index in [4.69, 9.17) is 0 Å². The summed E-state index contributed by atoms with van der Waals surface area (Å²) in [6.07, 6.45) is 1.42. The summed E-state index contributed by atoms with van der Waals surface area (Å²) in [4.78, 5) is 10.7. The minimum absolute atomic E-state index is 0.0688. The van der Waals surface area contributed by atoms with Gasteiger partial charge in [-0.3, -0.25) is 10.1 Å². The number of fused-ring (bicyclic) bond motifs is 1. The van der Waals surface area contributed by atoms with Crippen LogP contribution >= 0.6 is 0 Å². The number of para-hydroxylation sites is 1. The van der Waals surface area contributed by atoms with Gasteiger partial charge in [-0.15, -0.1) is 0 Å². The normalized spacial score (nSPS) is 11.6. The van der Waals surface area contributed by atoms with E-state index in [0.29, 0.717) is 16.6 Å². The second-order valence-electron chi connectivity index (χ2n) is 5.84. The first kappa shape index (κ1) is 16.9. The third-order valence-electron chi connectivity index (χ3n) is 4.19. The Labute approximate surface area is 154 Å². The molecule has 4 aromatic rings. The maximum Gasteiger partial charge on any atom is 0.272 e. The fraction of sp³-hybridized carbons (Fsp3) is 0. The molecule has 4 rings (SSSR count). The van der Waals surface area contributed by atoms with E-state index >= 15 is 0 Å². The number of non-ortho nitro benzene ring substituents is 1. The first-order chi connectivity index (χ1) is 13.0. The van der Waals surface area contributed by atoms with Gasteiger partial charge in [0.25, 0.3) is 5.69 Å². The highest BCUT2D eigenvalue weighted by Crippen LogP contribution is 2.33. The number of hydrogen-bond acceptors (Lipinski definition) is 5. The highest BCUT2D eigenvalue weighted by molar-refractivity contribution is 7.91. The molecule has 134 valence electrons. The first-order valence-corrected chi connectivity index (χ1v) is 9.48. The molecule has 0 atom stereocenters. The molecule has 0 amide bonds. The van der Waals surface area contributed by atoms with Crippen molar-refractivity contribution in [1.82, 2.24) is 9.78 Å². The molecule has 7 nitrogen and oxygen atoms in total. The fourth-order valence-corrected chi connectivity index (χ4v) is 4.40. The van der Waals surface area contributed by atoms with Crippen LogP contribution in [0.4, 0.5) is 5.69 Å². The number of sulfone groups is 1. The standard InChI is InChI=1S/C19H13N3O4S/c23-22(24)15-11-18-17(13-20-21(18)14-7-3-1-4-8-14)19(12-15)27(25,26)16-9-5-2-6-10-16/h1-13H. The largest absolute Gasteiger partial charge is 0.272 e. The Balaban J connectivity index is 2.04. The van der Waals surface area contributed by atoms with Gasteiger partial charge in [-0.25, -0.2) is 13.1 Å². The minimum Gasteiger partial charge on any atom is -0.258 e. The van der Waals surface area contributed by atoms with E-state index in [-0.39, 0.29) is 15.5 Å². The molecular weight excluding hydrogens is 366 g/mol. The molecule has 0 saturated heterocycles. The number of hydrogen-bond donors (Lipinski definition) is 0. The summed E-state index contributed by atoms with van der Waals surface area (Å²) >= 11 is 0. The second kappa shape index (κ2) is 6.33. The maximum atomic E-state index is 13.1. The van der Waals surface area contributed by atoms with Crippen molar-refractivity contribution in [3.05, 3.63) is 89.1 Å². The number of nitro benzene ring substituents is 1. The molecule has 0 N–H and O–H groups in total. The van der Waals surface area contributed by atoms with Crippen LogP contribution in [-0.2, 0) is 9.84 Å². The Hall–Kier alpha value is -3.52. The van der Waals surface area contributed by atoms with Gasteiger partial charge in [-0.05, 0) is 24.3 Å². The Morgan fingerprint density at radius 3 is 2.19 bits per heavy atom. The average Bonchev–Trinajstić information content (AvgIpc) is 3.12. The molecule has 0 aliphatic rings. The number of nitro groups is 1. The smallest absolute Gasteiger partial charge is 0.258 e. The van der Waals surface area contributed by atoms with E-state index < -0.39 is 14.8 Å². The molecule has 0 fully saturated rings.